The van der Waals surface area contributed by atoms with Crippen LogP contribution in [0.3, 0.4) is 0 Å². The molecule has 0 aliphatic carbocycles. The van der Waals surface area contributed by atoms with Crippen LogP contribution in [0, 0.1) is 5.41 Å². The van der Waals surface area contributed by atoms with Crippen LogP contribution >= 0.6 is 0 Å². The smallest absolute Gasteiger partial charge is 0.129 e. The Morgan fingerprint density at radius 3 is 2.75 bits per heavy atom. The molecule has 0 fully saturated rings. The van der Waals surface area contributed by atoms with Gasteiger partial charge in [0.1, 0.15) is 11.6 Å². The largest absolute Gasteiger partial charge is 0.493 e. The molecule has 3 heteroatoms. The van der Waals surface area contributed by atoms with Crippen molar-refractivity contribution in [3.05, 3.63) is 65.2 Å². The number of ether oxygens (including phenoxy) is 1. The second-order valence-corrected chi connectivity index (χ2v) is 5.32. The number of hydrogen-bond donors (Lipinski definition) is 1. The molecule has 4 rings (SSSR count). The standard InChI is InChI=1S/C17H16N2O/c18-17-13-6-2-1-5-12(13)11-19(17)15-9-10-20-16-8-4-3-7-14(15)16/h1-8,15,18H,9-11H2. The van der Waals surface area contributed by atoms with E-state index in [0.29, 0.717) is 5.84 Å². The van der Waals surface area contributed by atoms with Crippen LogP contribution in [0.2, 0.25) is 0 Å². The Hall–Kier alpha value is -2.29. The molecule has 0 aromatic heterocycles. The van der Waals surface area contributed by atoms with Gasteiger partial charge in [0.15, 0.2) is 0 Å². The molecular weight excluding hydrogens is 248 g/mol. The molecule has 0 amide bonds. The molecule has 1 N–H and O–H groups in total. The summed E-state index contributed by atoms with van der Waals surface area (Å²) in [5, 5.41) is 8.45. The Bertz CT molecular complexity index is 680. The lowest BCUT2D eigenvalue weighted by Gasteiger charge is -2.34. The van der Waals surface area contributed by atoms with E-state index in [9.17, 15) is 0 Å². The van der Waals surface area contributed by atoms with Crippen molar-refractivity contribution in [3.63, 3.8) is 0 Å². The van der Waals surface area contributed by atoms with Crippen molar-refractivity contribution in [1.29, 1.82) is 5.41 Å². The predicted octanol–water partition coefficient (Wildman–Crippen LogP) is 3.35. The lowest BCUT2D eigenvalue weighted by Crippen LogP contribution is -2.32. The van der Waals surface area contributed by atoms with Crippen LogP contribution in [-0.2, 0) is 6.54 Å². The summed E-state index contributed by atoms with van der Waals surface area (Å²) in [5.41, 5.74) is 3.52. The summed E-state index contributed by atoms with van der Waals surface area (Å²) < 4.78 is 5.73. The molecule has 2 aliphatic heterocycles. The third-order valence-electron chi connectivity index (χ3n) is 4.20. The summed E-state index contributed by atoms with van der Waals surface area (Å²) in [6.45, 7) is 1.55. The summed E-state index contributed by atoms with van der Waals surface area (Å²) in [5.74, 6) is 1.61. The van der Waals surface area contributed by atoms with Gasteiger partial charge >= 0.3 is 0 Å². The minimum absolute atomic E-state index is 0.250. The summed E-state index contributed by atoms with van der Waals surface area (Å²) in [6, 6.07) is 16.7. The van der Waals surface area contributed by atoms with Crippen molar-refractivity contribution in [3.8, 4) is 5.75 Å². The first kappa shape index (κ1) is 11.5. The number of nitrogens with one attached hydrogen (secondary N) is 1. The quantitative estimate of drug-likeness (QED) is 0.857. The van der Waals surface area contributed by atoms with E-state index in [2.05, 4.69) is 17.0 Å². The molecule has 0 radical (unpaired) electrons. The Morgan fingerprint density at radius 1 is 1.05 bits per heavy atom. The van der Waals surface area contributed by atoms with E-state index in [-0.39, 0.29) is 6.04 Å². The molecule has 100 valence electrons. The average Bonchev–Trinajstić information content (AvgIpc) is 2.84. The molecule has 20 heavy (non-hydrogen) atoms. The number of para-hydroxylation sites is 1. The van der Waals surface area contributed by atoms with Gasteiger partial charge in [0.25, 0.3) is 0 Å². The Kier molecular flexibility index (Phi) is 2.52. The Labute approximate surface area is 118 Å². The van der Waals surface area contributed by atoms with Crippen LogP contribution in [0.5, 0.6) is 5.75 Å². The SMILES string of the molecule is N=C1c2ccccc2CN1C1CCOc2ccccc21. The van der Waals surface area contributed by atoms with Crippen molar-refractivity contribution in [2.24, 2.45) is 0 Å². The van der Waals surface area contributed by atoms with Gasteiger partial charge in [-0.3, -0.25) is 5.41 Å². The summed E-state index contributed by atoms with van der Waals surface area (Å²) in [6.07, 6.45) is 0.938. The van der Waals surface area contributed by atoms with Crippen LogP contribution in [0.25, 0.3) is 0 Å². The molecule has 1 unspecified atom stereocenters. The van der Waals surface area contributed by atoms with Gasteiger partial charge in [-0.15, -0.1) is 0 Å². The maximum Gasteiger partial charge on any atom is 0.129 e. The van der Waals surface area contributed by atoms with Crippen LogP contribution in [0.15, 0.2) is 48.5 Å². The van der Waals surface area contributed by atoms with Crippen molar-refractivity contribution in [1.82, 2.24) is 4.90 Å². The van der Waals surface area contributed by atoms with Gasteiger partial charge in [-0.2, -0.15) is 0 Å². The first-order valence-corrected chi connectivity index (χ1v) is 7.00. The van der Waals surface area contributed by atoms with Crippen LogP contribution < -0.4 is 4.74 Å². The van der Waals surface area contributed by atoms with Gasteiger partial charge in [-0.25, -0.2) is 0 Å². The predicted molar refractivity (Wildman–Crippen MR) is 78.1 cm³/mol. The summed E-state index contributed by atoms with van der Waals surface area (Å²) in [7, 11) is 0. The van der Waals surface area contributed by atoms with Crippen LogP contribution in [-0.4, -0.2) is 17.3 Å². The van der Waals surface area contributed by atoms with Gasteiger partial charge in [-0.1, -0.05) is 42.5 Å². The number of fused-ring (bicyclic) bond motifs is 2. The summed E-state index contributed by atoms with van der Waals surface area (Å²) in [4.78, 5) is 2.20. The zero-order valence-electron chi connectivity index (χ0n) is 11.2. The van der Waals surface area contributed by atoms with E-state index >= 15 is 0 Å². The molecule has 2 aliphatic rings. The highest BCUT2D eigenvalue weighted by molar-refractivity contribution is 6.00. The van der Waals surface area contributed by atoms with E-state index in [1.54, 1.807) is 0 Å². The highest BCUT2D eigenvalue weighted by Gasteiger charge is 2.33. The maximum absolute atomic E-state index is 8.45. The minimum atomic E-state index is 0.250. The molecule has 2 aromatic rings. The van der Waals surface area contributed by atoms with Crippen LogP contribution in [0.4, 0.5) is 0 Å². The van der Waals surface area contributed by atoms with Crippen molar-refractivity contribution in [2.45, 2.75) is 19.0 Å². The van der Waals surface area contributed by atoms with Gasteiger partial charge in [-0.05, 0) is 11.6 Å². The first-order valence-electron chi connectivity index (χ1n) is 7.00. The normalized spacial score (nSPS) is 20.3. The zero-order chi connectivity index (χ0) is 13.5. The lowest BCUT2D eigenvalue weighted by molar-refractivity contribution is 0.199. The van der Waals surface area contributed by atoms with Crippen LogP contribution in [0.1, 0.15) is 29.2 Å². The van der Waals surface area contributed by atoms with E-state index in [0.717, 1.165) is 30.9 Å². The van der Waals surface area contributed by atoms with E-state index in [4.69, 9.17) is 10.1 Å². The Morgan fingerprint density at radius 2 is 1.85 bits per heavy atom. The van der Waals surface area contributed by atoms with Crippen molar-refractivity contribution in [2.75, 3.05) is 6.61 Å². The number of rotatable bonds is 1. The van der Waals surface area contributed by atoms with Gasteiger partial charge in [0.05, 0.1) is 12.6 Å². The third kappa shape index (κ3) is 1.63. The molecule has 3 nitrogen and oxygen atoms in total. The molecule has 2 aromatic carbocycles. The lowest BCUT2D eigenvalue weighted by atomic mass is 9.99. The summed E-state index contributed by atoms with van der Waals surface area (Å²) >= 11 is 0. The fraction of sp³-hybridized carbons (Fsp3) is 0.235. The molecule has 0 saturated carbocycles. The second kappa shape index (κ2) is 4.37. The third-order valence-corrected chi connectivity index (χ3v) is 4.20. The number of benzene rings is 2. The molecule has 1 atom stereocenters. The fourth-order valence-corrected chi connectivity index (χ4v) is 3.22. The van der Waals surface area contributed by atoms with Crippen molar-refractivity contribution < 1.29 is 4.74 Å². The fourth-order valence-electron chi connectivity index (χ4n) is 3.22. The minimum Gasteiger partial charge on any atom is -0.493 e. The maximum atomic E-state index is 8.45. The van der Waals surface area contributed by atoms with Gasteiger partial charge in [0.2, 0.25) is 0 Å². The molecule has 0 saturated heterocycles. The number of hydrogen-bond acceptors (Lipinski definition) is 2. The Balaban J connectivity index is 1.73. The highest BCUT2D eigenvalue weighted by Crippen LogP contribution is 2.39. The number of amidine groups is 1. The second-order valence-electron chi connectivity index (χ2n) is 5.32. The highest BCUT2D eigenvalue weighted by atomic mass is 16.5. The van der Waals surface area contributed by atoms with E-state index < -0.39 is 0 Å². The average molecular weight is 264 g/mol. The molecule has 2 heterocycles. The van der Waals surface area contributed by atoms with E-state index in [1.807, 2.05) is 36.4 Å². The topological polar surface area (TPSA) is 36.3 Å². The van der Waals surface area contributed by atoms with E-state index in [1.165, 1.54) is 11.1 Å². The number of nitrogens with zero attached hydrogens (tertiary/aromatic N) is 1. The molecular formula is C17H16N2O. The molecule has 0 bridgehead atoms. The first-order chi connectivity index (χ1) is 9.84. The monoisotopic (exact) mass is 264 g/mol. The van der Waals surface area contributed by atoms with Crippen molar-refractivity contribution >= 4 is 5.84 Å². The zero-order valence-corrected chi connectivity index (χ0v) is 11.2. The van der Waals surface area contributed by atoms with Gasteiger partial charge < -0.3 is 9.64 Å². The molecule has 0 spiro atoms. The van der Waals surface area contributed by atoms with Gasteiger partial charge in [0, 0.05) is 24.1 Å².